The van der Waals surface area contributed by atoms with Crippen LogP contribution in [0, 0.1) is 3.57 Å². The summed E-state index contributed by atoms with van der Waals surface area (Å²) in [5.41, 5.74) is 2.37. The van der Waals surface area contributed by atoms with Crippen molar-refractivity contribution in [3.8, 4) is 0 Å². The van der Waals surface area contributed by atoms with Crippen LogP contribution in [0.25, 0.3) is 0 Å². The van der Waals surface area contributed by atoms with Crippen molar-refractivity contribution < 1.29 is 0 Å². The summed E-state index contributed by atoms with van der Waals surface area (Å²) < 4.78 is 4.15. The first-order chi connectivity index (χ1) is 8.13. The van der Waals surface area contributed by atoms with Crippen LogP contribution in [0.2, 0.25) is 0 Å². The summed E-state index contributed by atoms with van der Waals surface area (Å²) >= 11 is 5.88. The number of aryl methyl sites for hydroxylation is 1. The van der Waals surface area contributed by atoms with Crippen molar-refractivity contribution in [3.63, 3.8) is 0 Å². The van der Waals surface area contributed by atoms with Crippen LogP contribution >= 0.6 is 38.5 Å². The van der Waals surface area contributed by atoms with Crippen LogP contribution in [-0.4, -0.2) is 16.8 Å². The first kappa shape index (κ1) is 13.0. The quantitative estimate of drug-likeness (QED) is 0.795. The van der Waals surface area contributed by atoms with Crippen LogP contribution in [0.3, 0.4) is 0 Å². The monoisotopic (exact) mass is 405 g/mol. The summed E-state index contributed by atoms with van der Waals surface area (Å²) in [4.78, 5) is 0. The second-order valence-corrected chi connectivity index (χ2v) is 5.88. The molecule has 2 rings (SSSR count). The summed E-state index contributed by atoms with van der Waals surface area (Å²) in [5.74, 6) is 0. The summed E-state index contributed by atoms with van der Waals surface area (Å²) in [6.45, 7) is 0. The van der Waals surface area contributed by atoms with Crippen LogP contribution in [-0.2, 0) is 7.05 Å². The van der Waals surface area contributed by atoms with E-state index in [0.717, 1.165) is 10.2 Å². The molecular weight excluding hydrogens is 393 g/mol. The Hall–Kier alpha value is -0.400. The van der Waals surface area contributed by atoms with Crippen molar-refractivity contribution in [1.82, 2.24) is 15.1 Å². The minimum Gasteiger partial charge on any atom is -0.308 e. The normalized spacial score (nSPS) is 12.7. The van der Waals surface area contributed by atoms with Crippen molar-refractivity contribution in [2.75, 3.05) is 7.05 Å². The molecule has 0 saturated heterocycles. The van der Waals surface area contributed by atoms with Crippen LogP contribution in [0.5, 0.6) is 0 Å². The van der Waals surface area contributed by atoms with E-state index in [9.17, 15) is 0 Å². The fourth-order valence-corrected chi connectivity index (χ4v) is 3.04. The van der Waals surface area contributed by atoms with E-state index in [4.69, 9.17) is 0 Å². The average Bonchev–Trinajstić information content (AvgIpc) is 2.62. The Kier molecular flexibility index (Phi) is 4.22. The van der Waals surface area contributed by atoms with Crippen molar-refractivity contribution in [2.45, 2.75) is 6.04 Å². The lowest BCUT2D eigenvalue weighted by Crippen LogP contribution is -2.21. The first-order valence-electron chi connectivity index (χ1n) is 5.23. The van der Waals surface area contributed by atoms with Crippen LogP contribution < -0.4 is 5.32 Å². The van der Waals surface area contributed by atoms with Crippen LogP contribution in [0.4, 0.5) is 0 Å². The highest BCUT2D eigenvalue weighted by Crippen LogP contribution is 2.28. The molecule has 0 amide bonds. The van der Waals surface area contributed by atoms with Gasteiger partial charge in [0.15, 0.2) is 0 Å². The van der Waals surface area contributed by atoms with Gasteiger partial charge < -0.3 is 5.32 Å². The predicted molar refractivity (Wildman–Crippen MR) is 81.0 cm³/mol. The lowest BCUT2D eigenvalue weighted by Gasteiger charge is -2.18. The minimum atomic E-state index is 0.145. The zero-order chi connectivity index (χ0) is 12.4. The Morgan fingerprint density at radius 1 is 1.47 bits per heavy atom. The summed E-state index contributed by atoms with van der Waals surface area (Å²) in [5, 5.41) is 7.60. The van der Waals surface area contributed by atoms with Crippen molar-refractivity contribution in [2.24, 2.45) is 7.05 Å². The molecule has 17 heavy (non-hydrogen) atoms. The number of aromatic nitrogens is 2. The molecule has 0 aliphatic rings. The molecule has 1 unspecified atom stereocenters. The Morgan fingerprint density at radius 3 is 2.76 bits per heavy atom. The van der Waals surface area contributed by atoms with Gasteiger partial charge in [-0.05, 0) is 63.3 Å². The molecule has 3 nitrogen and oxygen atoms in total. The van der Waals surface area contributed by atoms with Crippen LogP contribution in [0.15, 0.2) is 34.9 Å². The maximum atomic E-state index is 4.26. The zero-order valence-electron chi connectivity index (χ0n) is 9.61. The van der Waals surface area contributed by atoms with Gasteiger partial charge in [0.25, 0.3) is 0 Å². The molecule has 0 fully saturated rings. The number of hydrogen-bond acceptors (Lipinski definition) is 2. The Bertz CT molecular complexity index is 505. The molecule has 0 aliphatic heterocycles. The highest BCUT2D eigenvalue weighted by atomic mass is 127. The molecule has 0 spiro atoms. The second-order valence-electron chi connectivity index (χ2n) is 3.78. The van der Waals surface area contributed by atoms with Crippen molar-refractivity contribution in [3.05, 3.63) is 49.8 Å². The molecule has 90 valence electrons. The Morgan fingerprint density at radius 2 is 2.24 bits per heavy atom. The molecule has 1 heterocycles. The van der Waals surface area contributed by atoms with E-state index in [2.05, 4.69) is 73.2 Å². The molecule has 1 aromatic heterocycles. The highest BCUT2D eigenvalue weighted by molar-refractivity contribution is 14.1. The van der Waals surface area contributed by atoms with Crippen molar-refractivity contribution in [1.29, 1.82) is 0 Å². The third kappa shape index (κ3) is 2.71. The predicted octanol–water partition coefficient (Wildman–Crippen LogP) is 3.10. The third-order valence-corrected chi connectivity index (χ3v) is 3.96. The molecule has 1 atom stereocenters. The van der Waals surface area contributed by atoms with Gasteiger partial charge in [-0.25, -0.2) is 0 Å². The second kappa shape index (κ2) is 5.49. The molecule has 2 aromatic rings. The number of hydrogen-bond donors (Lipinski definition) is 1. The number of benzene rings is 1. The van der Waals surface area contributed by atoms with E-state index in [1.165, 1.54) is 9.13 Å². The van der Waals surface area contributed by atoms with Gasteiger partial charge in [0.1, 0.15) is 0 Å². The van der Waals surface area contributed by atoms with Crippen LogP contribution in [0.1, 0.15) is 17.3 Å². The molecule has 1 N–H and O–H groups in total. The van der Waals surface area contributed by atoms with Gasteiger partial charge >= 0.3 is 0 Å². The van der Waals surface area contributed by atoms with Gasteiger partial charge in [0.2, 0.25) is 0 Å². The largest absolute Gasteiger partial charge is 0.308 e. The highest BCUT2D eigenvalue weighted by Gasteiger charge is 2.19. The Labute approximate surface area is 123 Å². The van der Waals surface area contributed by atoms with E-state index in [1.807, 2.05) is 25.0 Å². The van der Waals surface area contributed by atoms with E-state index in [1.54, 1.807) is 0 Å². The lowest BCUT2D eigenvalue weighted by molar-refractivity contribution is 0.604. The SMILES string of the molecule is CNC(c1cccc(I)c1)c1c(Br)cnn1C. The summed E-state index contributed by atoms with van der Waals surface area (Å²) in [7, 11) is 3.92. The van der Waals surface area contributed by atoms with Gasteiger partial charge in [0.05, 0.1) is 22.4 Å². The molecule has 1 aromatic carbocycles. The third-order valence-electron chi connectivity index (χ3n) is 2.68. The number of nitrogens with zero attached hydrogens (tertiary/aromatic N) is 2. The van der Waals surface area contributed by atoms with E-state index in [-0.39, 0.29) is 6.04 Å². The maximum Gasteiger partial charge on any atom is 0.0757 e. The number of halogens is 2. The standard InChI is InChI=1S/C12H13BrIN3/c1-15-11(8-4-3-5-9(14)6-8)12-10(13)7-16-17(12)2/h3-7,11,15H,1-2H3. The van der Waals surface area contributed by atoms with Gasteiger partial charge in [-0.2, -0.15) is 5.10 Å². The van der Waals surface area contributed by atoms with E-state index in [0.29, 0.717) is 0 Å². The van der Waals surface area contributed by atoms with E-state index >= 15 is 0 Å². The topological polar surface area (TPSA) is 29.9 Å². The smallest absolute Gasteiger partial charge is 0.0757 e. The summed E-state index contributed by atoms with van der Waals surface area (Å²) in [6, 6.07) is 8.62. The first-order valence-corrected chi connectivity index (χ1v) is 7.10. The van der Waals surface area contributed by atoms with Crippen molar-refractivity contribution >= 4 is 38.5 Å². The molecule has 0 bridgehead atoms. The molecule has 0 radical (unpaired) electrons. The fraction of sp³-hybridized carbons (Fsp3) is 0.250. The van der Waals surface area contributed by atoms with Gasteiger partial charge in [-0.1, -0.05) is 12.1 Å². The van der Waals surface area contributed by atoms with E-state index < -0.39 is 0 Å². The van der Waals surface area contributed by atoms with Gasteiger partial charge in [-0.3, -0.25) is 4.68 Å². The zero-order valence-corrected chi connectivity index (χ0v) is 13.4. The average molecular weight is 406 g/mol. The fourth-order valence-electron chi connectivity index (χ4n) is 1.89. The summed E-state index contributed by atoms with van der Waals surface area (Å²) in [6.07, 6.45) is 1.83. The Balaban J connectivity index is 2.47. The molecule has 0 aliphatic carbocycles. The van der Waals surface area contributed by atoms with Gasteiger partial charge in [-0.15, -0.1) is 0 Å². The maximum absolute atomic E-state index is 4.26. The lowest BCUT2D eigenvalue weighted by atomic mass is 10.0. The van der Waals surface area contributed by atoms with Gasteiger partial charge in [0, 0.05) is 10.6 Å². The number of nitrogens with one attached hydrogen (secondary N) is 1. The molecule has 5 heteroatoms. The minimum absolute atomic E-state index is 0.145. The molecule has 0 saturated carbocycles. The number of rotatable bonds is 3. The molecular formula is C12H13BrIN3.